The number of carbonyl (C=O) groups excluding carboxylic acids is 1. The number of carbonyl (C=O) groups is 2. The van der Waals surface area contributed by atoms with Gasteiger partial charge in [0.05, 0.1) is 34.4 Å². The number of unbranched alkanes of at least 4 members (excludes halogenated alkanes) is 17. The van der Waals surface area contributed by atoms with Crippen molar-refractivity contribution in [2.24, 2.45) is 0 Å². The molecule has 0 radical (unpaired) electrons. The molecule has 0 aromatic heterocycles. The van der Waals surface area contributed by atoms with E-state index in [9.17, 15) is 19.0 Å². The second-order valence-corrected chi connectivity index (χ2v) is 14.5. The standard InChI is InChI=1S/C33H66NO9P/c1-5-6-7-8-9-10-11-12-13-14-15-16-20-23-27-40-29-31(30-42-44(38,39)41-28-26-34(2,3)4)43-33(37)25-22-19-17-18-21-24-32(35)36/h31H,5-30H2,1-4H3,(H-,35,36,38,39)/p+1. The van der Waals surface area contributed by atoms with E-state index in [1.807, 2.05) is 21.1 Å². The van der Waals surface area contributed by atoms with Gasteiger partial charge in [0.25, 0.3) is 0 Å². The Morgan fingerprint density at radius 1 is 0.659 bits per heavy atom. The van der Waals surface area contributed by atoms with Gasteiger partial charge in [-0.15, -0.1) is 0 Å². The van der Waals surface area contributed by atoms with Gasteiger partial charge in [0.15, 0.2) is 0 Å². The number of phosphoric acid groups is 1. The maximum Gasteiger partial charge on any atom is 0.472 e. The molecule has 0 saturated heterocycles. The Kier molecular flexibility index (Phi) is 27.6. The van der Waals surface area contributed by atoms with Crippen LogP contribution in [0.25, 0.3) is 0 Å². The number of esters is 1. The van der Waals surface area contributed by atoms with Crippen LogP contribution in [0.2, 0.25) is 0 Å². The van der Waals surface area contributed by atoms with Crippen LogP contribution in [0.15, 0.2) is 0 Å². The Hall–Kier alpha value is -1.03. The lowest BCUT2D eigenvalue weighted by Crippen LogP contribution is -2.37. The zero-order chi connectivity index (χ0) is 32.9. The Labute approximate surface area is 268 Å². The lowest BCUT2D eigenvalue weighted by molar-refractivity contribution is -0.870. The molecule has 10 nitrogen and oxygen atoms in total. The minimum absolute atomic E-state index is 0.0593. The van der Waals surface area contributed by atoms with Crippen LogP contribution in [-0.2, 0) is 32.7 Å². The van der Waals surface area contributed by atoms with Crippen LogP contribution in [-0.4, -0.2) is 86.6 Å². The van der Waals surface area contributed by atoms with Crippen molar-refractivity contribution in [3.63, 3.8) is 0 Å². The van der Waals surface area contributed by atoms with Crippen molar-refractivity contribution in [3.05, 3.63) is 0 Å². The highest BCUT2D eigenvalue weighted by molar-refractivity contribution is 7.47. The summed E-state index contributed by atoms with van der Waals surface area (Å²) < 4.78 is 34.4. The van der Waals surface area contributed by atoms with E-state index in [0.717, 1.165) is 32.1 Å². The predicted molar refractivity (Wildman–Crippen MR) is 176 cm³/mol. The number of nitrogens with zero attached hydrogens (tertiary/aromatic N) is 1. The summed E-state index contributed by atoms with van der Waals surface area (Å²) >= 11 is 0. The molecule has 0 aliphatic carbocycles. The number of aliphatic carboxylic acids is 1. The lowest BCUT2D eigenvalue weighted by Gasteiger charge is -2.24. The van der Waals surface area contributed by atoms with Crippen molar-refractivity contribution in [2.75, 3.05) is 54.1 Å². The number of hydrogen-bond donors (Lipinski definition) is 2. The number of carboxylic acid groups (broad SMARTS) is 1. The van der Waals surface area contributed by atoms with Gasteiger partial charge in [-0.05, 0) is 19.3 Å². The van der Waals surface area contributed by atoms with Crippen LogP contribution >= 0.6 is 7.82 Å². The molecule has 0 fully saturated rings. The summed E-state index contributed by atoms with van der Waals surface area (Å²) in [6.45, 7) is 3.16. The zero-order valence-corrected chi connectivity index (χ0v) is 29.5. The van der Waals surface area contributed by atoms with Gasteiger partial charge < -0.3 is 24.0 Å². The third-order valence-corrected chi connectivity index (χ3v) is 8.44. The fourth-order valence-electron chi connectivity index (χ4n) is 4.69. The van der Waals surface area contributed by atoms with Crippen LogP contribution in [0.1, 0.15) is 142 Å². The molecule has 11 heteroatoms. The second kappa shape index (κ2) is 28.2. The average Bonchev–Trinajstić information content (AvgIpc) is 2.94. The molecule has 2 N–H and O–H groups in total. The highest BCUT2D eigenvalue weighted by Gasteiger charge is 2.26. The monoisotopic (exact) mass is 652 g/mol. The van der Waals surface area contributed by atoms with Crippen LogP contribution in [0, 0.1) is 0 Å². The fourth-order valence-corrected chi connectivity index (χ4v) is 5.44. The first kappa shape index (κ1) is 43.0. The third kappa shape index (κ3) is 32.4. The molecule has 0 rings (SSSR count). The average molecular weight is 653 g/mol. The zero-order valence-electron chi connectivity index (χ0n) is 28.6. The summed E-state index contributed by atoms with van der Waals surface area (Å²) in [5, 5.41) is 8.71. The van der Waals surface area contributed by atoms with E-state index in [4.69, 9.17) is 23.6 Å². The van der Waals surface area contributed by atoms with E-state index in [1.54, 1.807) is 0 Å². The Balaban J connectivity index is 4.26. The molecule has 0 aromatic carbocycles. The van der Waals surface area contributed by atoms with Crippen LogP contribution in [0.4, 0.5) is 0 Å². The van der Waals surface area contributed by atoms with Gasteiger partial charge in [0.1, 0.15) is 19.3 Å². The van der Waals surface area contributed by atoms with Gasteiger partial charge in [-0.1, -0.05) is 110 Å². The van der Waals surface area contributed by atoms with E-state index < -0.39 is 25.9 Å². The van der Waals surface area contributed by atoms with Gasteiger partial charge >= 0.3 is 19.8 Å². The van der Waals surface area contributed by atoms with E-state index in [2.05, 4.69) is 6.92 Å². The van der Waals surface area contributed by atoms with E-state index in [1.165, 1.54) is 77.0 Å². The molecule has 0 amide bonds. The van der Waals surface area contributed by atoms with Crippen molar-refractivity contribution >= 4 is 19.8 Å². The molecule has 2 unspecified atom stereocenters. The van der Waals surface area contributed by atoms with Crippen LogP contribution in [0.3, 0.4) is 0 Å². The minimum atomic E-state index is -4.29. The molecule has 0 aliphatic heterocycles. The highest BCUT2D eigenvalue weighted by atomic mass is 31.2. The van der Waals surface area contributed by atoms with Gasteiger partial charge in [-0.25, -0.2) is 4.57 Å². The number of ether oxygens (including phenoxy) is 2. The van der Waals surface area contributed by atoms with Gasteiger partial charge in [-0.3, -0.25) is 18.6 Å². The molecule has 0 saturated carbocycles. The van der Waals surface area contributed by atoms with Crippen LogP contribution < -0.4 is 0 Å². The molecular weight excluding hydrogens is 585 g/mol. The van der Waals surface area contributed by atoms with E-state index in [0.29, 0.717) is 30.5 Å². The largest absolute Gasteiger partial charge is 0.481 e. The molecule has 0 heterocycles. The first-order valence-corrected chi connectivity index (χ1v) is 18.9. The number of hydrogen-bond acceptors (Lipinski definition) is 7. The summed E-state index contributed by atoms with van der Waals surface area (Å²) in [4.78, 5) is 33.1. The first-order valence-electron chi connectivity index (χ1n) is 17.4. The summed E-state index contributed by atoms with van der Waals surface area (Å²) in [5.41, 5.74) is 0. The summed E-state index contributed by atoms with van der Waals surface area (Å²) in [7, 11) is 1.56. The topological polar surface area (TPSA) is 129 Å². The Bertz CT molecular complexity index is 745. The van der Waals surface area contributed by atoms with Crippen molar-refractivity contribution in [1.82, 2.24) is 0 Å². The molecule has 0 bridgehead atoms. The molecule has 0 aromatic rings. The molecule has 2 atom stereocenters. The number of carboxylic acids is 1. The van der Waals surface area contributed by atoms with Gasteiger partial charge in [0.2, 0.25) is 0 Å². The molecule has 0 aliphatic rings. The lowest BCUT2D eigenvalue weighted by atomic mass is 10.0. The number of likely N-dealkylation sites (N-methyl/N-ethyl adjacent to an activating group) is 1. The summed E-state index contributed by atoms with van der Waals surface area (Å²) in [5.74, 6) is -1.21. The fraction of sp³-hybridized carbons (Fsp3) is 0.939. The highest BCUT2D eigenvalue weighted by Crippen LogP contribution is 2.43. The maximum absolute atomic E-state index is 12.4. The maximum atomic E-state index is 12.4. The molecule has 262 valence electrons. The van der Waals surface area contributed by atoms with Gasteiger partial charge in [0, 0.05) is 19.4 Å². The number of rotatable bonds is 33. The molecule has 44 heavy (non-hydrogen) atoms. The van der Waals surface area contributed by atoms with Crippen molar-refractivity contribution in [2.45, 2.75) is 148 Å². The van der Waals surface area contributed by atoms with E-state index >= 15 is 0 Å². The Morgan fingerprint density at radius 3 is 1.64 bits per heavy atom. The normalized spacial score (nSPS) is 13.9. The third-order valence-electron chi connectivity index (χ3n) is 7.46. The predicted octanol–water partition coefficient (Wildman–Crippen LogP) is 8.05. The molecular formula is C33H67NO9P+. The second-order valence-electron chi connectivity index (χ2n) is 13.1. The Morgan fingerprint density at radius 2 is 1.14 bits per heavy atom. The van der Waals surface area contributed by atoms with Crippen molar-refractivity contribution in [3.8, 4) is 0 Å². The number of quaternary nitrogens is 1. The summed E-state index contributed by atoms with van der Waals surface area (Å²) in [6, 6.07) is 0. The SMILES string of the molecule is CCCCCCCCCCCCCCCCOCC(COP(=O)(O)OCC[N+](C)(C)C)OC(=O)CCCCCCCC(=O)O. The van der Waals surface area contributed by atoms with Crippen molar-refractivity contribution in [1.29, 1.82) is 0 Å². The van der Waals surface area contributed by atoms with Gasteiger partial charge in [-0.2, -0.15) is 0 Å². The van der Waals surface area contributed by atoms with Crippen molar-refractivity contribution < 1.29 is 47.2 Å². The van der Waals surface area contributed by atoms with E-state index in [-0.39, 0.29) is 32.7 Å². The van der Waals surface area contributed by atoms with Crippen LogP contribution in [0.5, 0.6) is 0 Å². The minimum Gasteiger partial charge on any atom is -0.481 e. The quantitative estimate of drug-likeness (QED) is 0.0313. The smallest absolute Gasteiger partial charge is 0.472 e. The first-order chi connectivity index (χ1) is 20.9. The molecule has 0 spiro atoms. The number of phosphoric ester groups is 1. The summed E-state index contributed by atoms with van der Waals surface area (Å²) in [6.07, 6.45) is 21.2.